The number of hydrogen-bond donors (Lipinski definition) is 6. The summed E-state index contributed by atoms with van der Waals surface area (Å²) in [5.74, 6) is -3.58. The molecule has 2 heterocycles. The maximum Gasteiger partial charge on any atom is 0.329 e. The summed E-state index contributed by atoms with van der Waals surface area (Å²) in [5.41, 5.74) is 12.8. The van der Waals surface area contributed by atoms with Crippen LogP contribution in [0, 0.1) is 23.7 Å². The molecule has 2 aliphatic rings. The molecule has 3 aromatic rings. The Bertz CT molecular complexity index is 2070. The monoisotopic (exact) mass is 869 g/mol. The lowest BCUT2D eigenvalue weighted by Gasteiger charge is -2.47. The summed E-state index contributed by atoms with van der Waals surface area (Å²) in [6.07, 6.45) is 3.35. The van der Waals surface area contributed by atoms with E-state index in [2.05, 4.69) is 31.2 Å². The molecule has 1 aliphatic carbocycles. The molecular weight excluding hydrogens is 801 g/mol. The fourth-order valence-electron chi connectivity index (χ4n) is 8.64. The number of amides is 5. The summed E-state index contributed by atoms with van der Waals surface area (Å²) >= 11 is 0. The van der Waals surface area contributed by atoms with Gasteiger partial charge in [-0.1, -0.05) is 102 Å². The molecule has 2 fully saturated rings. The number of carbonyl (C=O) groups excluding carboxylic acids is 6. The molecule has 8 atom stereocenters. The smallest absolute Gasteiger partial charge is 0.329 e. The Kier molecular flexibility index (Phi) is 16.8. The topological polar surface area (TPSA) is 228 Å². The lowest BCUT2D eigenvalue weighted by molar-refractivity contribution is -0.159. The number of rotatable bonds is 18. The van der Waals surface area contributed by atoms with Crippen molar-refractivity contribution in [3.63, 3.8) is 0 Å². The van der Waals surface area contributed by atoms with E-state index in [0.717, 1.165) is 36.6 Å². The number of nitrogens with zero attached hydrogens (tertiary/aromatic N) is 2. The molecule has 5 amide bonds. The number of esters is 1. The molecular formula is C48H68N8O7. The van der Waals surface area contributed by atoms with Crippen LogP contribution < -0.4 is 32.7 Å². The molecule has 0 bridgehead atoms. The largest absolute Gasteiger partial charge is 0.457 e. The number of piperidine rings is 1. The van der Waals surface area contributed by atoms with Crippen LogP contribution in [0.3, 0.4) is 0 Å². The van der Waals surface area contributed by atoms with Crippen molar-refractivity contribution in [2.24, 2.45) is 35.1 Å². The molecule has 0 radical (unpaired) electrons. The molecule has 1 aliphatic heterocycles. The van der Waals surface area contributed by atoms with Gasteiger partial charge in [0.05, 0.1) is 30.1 Å². The first kappa shape index (κ1) is 48.6. The number of pyridine rings is 1. The SMILES string of the molecule is CC(C)[C@H](N)C(=O)N[C@@H](C(=O)O[C@H](CN1C[C@H]2CCCC[C@H]2C[C@H]1C(=O)NC(C)(C)C)[C@H](Cc1ccccc1)NC(=O)[C@H](CC(N)=O)NC(=O)c1ccc2ccccc2n1)C(C)C. The van der Waals surface area contributed by atoms with Crippen LogP contribution in [-0.4, -0.2) is 100 Å². The van der Waals surface area contributed by atoms with E-state index < -0.39 is 83.8 Å². The number of hydrogen-bond acceptors (Lipinski definition) is 10. The van der Waals surface area contributed by atoms with E-state index in [-0.39, 0.29) is 30.5 Å². The Morgan fingerprint density at radius 2 is 1.49 bits per heavy atom. The number of para-hydroxylation sites is 1. The molecule has 342 valence electrons. The zero-order chi connectivity index (χ0) is 46.0. The number of fused-ring (bicyclic) bond motifs is 2. The molecule has 8 N–H and O–H groups in total. The number of aromatic nitrogens is 1. The van der Waals surface area contributed by atoms with Crippen molar-refractivity contribution in [1.82, 2.24) is 31.2 Å². The lowest BCUT2D eigenvalue weighted by atomic mass is 9.72. The summed E-state index contributed by atoms with van der Waals surface area (Å²) in [6, 6.07) is 14.9. The summed E-state index contributed by atoms with van der Waals surface area (Å²) in [6.45, 7) is 13.6. The van der Waals surface area contributed by atoms with E-state index in [1.165, 1.54) is 6.07 Å². The van der Waals surface area contributed by atoms with Crippen molar-refractivity contribution < 1.29 is 33.5 Å². The second kappa shape index (κ2) is 21.8. The predicted octanol–water partition coefficient (Wildman–Crippen LogP) is 3.77. The molecule has 2 aromatic carbocycles. The Hall–Kier alpha value is -5.41. The Morgan fingerprint density at radius 1 is 0.825 bits per heavy atom. The highest BCUT2D eigenvalue weighted by molar-refractivity contribution is 5.99. The predicted molar refractivity (Wildman–Crippen MR) is 242 cm³/mol. The van der Waals surface area contributed by atoms with E-state index in [1.54, 1.807) is 32.0 Å². The minimum absolute atomic E-state index is 0.0354. The molecule has 1 aromatic heterocycles. The fraction of sp³-hybridized carbons (Fsp3) is 0.562. The van der Waals surface area contributed by atoms with E-state index in [1.807, 2.05) is 77.1 Å². The number of primary amides is 1. The molecule has 15 nitrogen and oxygen atoms in total. The Balaban J connectivity index is 1.54. The zero-order valence-corrected chi connectivity index (χ0v) is 37.9. The number of benzene rings is 2. The minimum Gasteiger partial charge on any atom is -0.457 e. The molecule has 0 unspecified atom stereocenters. The van der Waals surface area contributed by atoms with Crippen molar-refractivity contribution in [1.29, 1.82) is 0 Å². The third kappa shape index (κ3) is 13.8. The first-order valence-corrected chi connectivity index (χ1v) is 22.4. The van der Waals surface area contributed by atoms with Crippen LogP contribution in [0.2, 0.25) is 0 Å². The molecule has 15 heteroatoms. The van der Waals surface area contributed by atoms with Gasteiger partial charge in [-0.3, -0.25) is 28.9 Å². The average Bonchev–Trinajstić information content (AvgIpc) is 3.23. The van der Waals surface area contributed by atoms with E-state index in [0.29, 0.717) is 30.3 Å². The van der Waals surface area contributed by atoms with Gasteiger partial charge < -0.3 is 37.5 Å². The molecule has 63 heavy (non-hydrogen) atoms. The van der Waals surface area contributed by atoms with Crippen LogP contribution in [-0.2, 0) is 35.1 Å². The van der Waals surface area contributed by atoms with E-state index >= 15 is 0 Å². The van der Waals surface area contributed by atoms with Gasteiger partial charge in [0.25, 0.3) is 5.91 Å². The van der Waals surface area contributed by atoms with Crippen molar-refractivity contribution in [3.8, 4) is 0 Å². The normalized spacial score (nSPS) is 20.4. The van der Waals surface area contributed by atoms with Gasteiger partial charge in [0.2, 0.25) is 23.6 Å². The van der Waals surface area contributed by atoms with E-state index in [4.69, 9.17) is 16.2 Å². The summed E-state index contributed by atoms with van der Waals surface area (Å²) < 4.78 is 6.50. The van der Waals surface area contributed by atoms with Crippen LogP contribution in [0.4, 0.5) is 0 Å². The number of nitrogens with two attached hydrogens (primary N) is 2. The molecule has 0 spiro atoms. The van der Waals surface area contributed by atoms with Gasteiger partial charge in [0.15, 0.2) is 0 Å². The number of nitrogens with one attached hydrogen (secondary N) is 4. The van der Waals surface area contributed by atoms with Gasteiger partial charge in [-0.05, 0) is 81.4 Å². The third-order valence-electron chi connectivity index (χ3n) is 12.2. The quantitative estimate of drug-likeness (QED) is 0.102. The van der Waals surface area contributed by atoms with Gasteiger partial charge in [0, 0.05) is 24.0 Å². The van der Waals surface area contributed by atoms with Gasteiger partial charge >= 0.3 is 5.97 Å². The Morgan fingerprint density at radius 3 is 2.14 bits per heavy atom. The average molecular weight is 869 g/mol. The lowest BCUT2D eigenvalue weighted by Crippen LogP contribution is -2.62. The highest BCUT2D eigenvalue weighted by atomic mass is 16.5. The molecule has 5 rings (SSSR count). The number of ether oxygens (including phenoxy) is 1. The number of likely N-dealkylation sites (tertiary alicyclic amines) is 1. The number of carbonyl (C=O) groups is 6. The molecule has 1 saturated heterocycles. The second-order valence-corrected chi connectivity index (χ2v) is 19.1. The van der Waals surface area contributed by atoms with Crippen molar-refractivity contribution in [2.75, 3.05) is 13.1 Å². The van der Waals surface area contributed by atoms with Crippen LogP contribution in [0.1, 0.15) is 103 Å². The standard InChI is InChI=1S/C48H68N8O7/c1-28(2)41(50)46(61)54-42(29(3)4)47(62)63-39(27-56-26-33-19-12-11-18-32(33)24-38(56)45(60)55-48(5,6)7)36(23-30-15-9-8-10-16-30)52-44(59)37(25-40(49)57)53-43(58)35-22-21-31-17-13-14-20-34(31)51-35/h8-10,13-17,20-22,28-29,32-33,36-39,41-42H,11-12,18-19,23-27,50H2,1-7H3,(H2,49,57)(H,52,59)(H,53,58)(H,54,61)(H,55,60)/t32-,33+,36-,37-,38-,39+,41-,42+/m0/s1. The zero-order valence-electron chi connectivity index (χ0n) is 37.9. The van der Waals surface area contributed by atoms with Crippen molar-refractivity contribution in [2.45, 2.75) is 135 Å². The highest BCUT2D eigenvalue weighted by Gasteiger charge is 2.44. The summed E-state index contributed by atoms with van der Waals surface area (Å²) in [7, 11) is 0. The van der Waals surface area contributed by atoms with Crippen LogP contribution >= 0.6 is 0 Å². The first-order valence-electron chi connectivity index (χ1n) is 22.4. The second-order valence-electron chi connectivity index (χ2n) is 19.1. The highest BCUT2D eigenvalue weighted by Crippen LogP contribution is 2.39. The van der Waals surface area contributed by atoms with E-state index in [9.17, 15) is 28.8 Å². The molecule has 1 saturated carbocycles. The minimum atomic E-state index is -1.43. The van der Waals surface area contributed by atoms with Crippen LogP contribution in [0.5, 0.6) is 0 Å². The van der Waals surface area contributed by atoms with Gasteiger partial charge in [-0.2, -0.15) is 0 Å². The van der Waals surface area contributed by atoms with Crippen molar-refractivity contribution >= 4 is 46.4 Å². The van der Waals surface area contributed by atoms with Gasteiger partial charge in [0.1, 0.15) is 23.9 Å². The van der Waals surface area contributed by atoms with Gasteiger partial charge in [-0.25, -0.2) is 9.78 Å². The maximum atomic E-state index is 14.5. The van der Waals surface area contributed by atoms with Crippen LogP contribution in [0.25, 0.3) is 10.9 Å². The first-order chi connectivity index (χ1) is 29.8. The Labute approximate surface area is 371 Å². The third-order valence-corrected chi connectivity index (χ3v) is 12.2. The maximum absolute atomic E-state index is 14.5. The fourth-order valence-corrected chi connectivity index (χ4v) is 8.64. The van der Waals surface area contributed by atoms with Gasteiger partial charge in [-0.15, -0.1) is 0 Å². The van der Waals surface area contributed by atoms with Crippen LogP contribution in [0.15, 0.2) is 66.7 Å². The summed E-state index contributed by atoms with van der Waals surface area (Å²) in [4.78, 5) is 89.2. The summed E-state index contributed by atoms with van der Waals surface area (Å²) in [5, 5.41) is 12.5. The van der Waals surface area contributed by atoms with Crippen molar-refractivity contribution in [3.05, 3.63) is 78.0 Å².